The van der Waals surface area contributed by atoms with Crippen molar-refractivity contribution in [2.24, 2.45) is 17.6 Å². The number of carbonyl (C=O) groups is 1. The largest absolute Gasteiger partial charge is 0.442 e. The Morgan fingerprint density at radius 3 is 2.55 bits per heavy atom. The summed E-state index contributed by atoms with van der Waals surface area (Å²) in [7, 11) is 0. The van der Waals surface area contributed by atoms with E-state index in [1.165, 1.54) is 0 Å². The molecule has 4 heterocycles. The fourth-order valence-corrected chi connectivity index (χ4v) is 4.79. The van der Waals surface area contributed by atoms with Gasteiger partial charge in [-0.2, -0.15) is 0 Å². The third-order valence-corrected chi connectivity index (χ3v) is 6.65. The average molecular weight is 418 g/mol. The standard InChI is InChI=1S/C22H22N6O3/c23-22(18-12-30-13-19(18)22)20-6-3-15(9-24-20)14-1-4-16(5-2-14)28-11-17(31-21(28)29)10-27-8-7-25-26-27/h1-9,17-19H,10-13,23H2/t17-,18-,19+,22?/m0/s1. The van der Waals surface area contributed by atoms with Gasteiger partial charge in [0.2, 0.25) is 0 Å². The average Bonchev–Trinajstić information content (AvgIpc) is 3.36. The quantitative estimate of drug-likeness (QED) is 0.673. The van der Waals surface area contributed by atoms with E-state index >= 15 is 0 Å². The molecule has 3 aliphatic rings. The number of hydrogen-bond donors (Lipinski definition) is 1. The normalized spacial score (nSPS) is 29.1. The Morgan fingerprint density at radius 1 is 1.10 bits per heavy atom. The number of fused-ring (bicyclic) bond motifs is 1. The number of hydrogen-bond acceptors (Lipinski definition) is 7. The second-order valence-corrected chi connectivity index (χ2v) is 8.40. The molecule has 0 radical (unpaired) electrons. The zero-order valence-electron chi connectivity index (χ0n) is 16.8. The van der Waals surface area contributed by atoms with Gasteiger partial charge in [0.1, 0.15) is 6.10 Å². The maximum absolute atomic E-state index is 12.3. The number of nitrogens with zero attached hydrogens (tertiary/aromatic N) is 5. The van der Waals surface area contributed by atoms with E-state index in [0.29, 0.717) is 24.9 Å². The summed E-state index contributed by atoms with van der Waals surface area (Å²) in [6, 6.07) is 11.9. The molecular formula is C22H22N6O3. The number of rotatable bonds is 5. The van der Waals surface area contributed by atoms with Crippen LogP contribution in [0.25, 0.3) is 11.1 Å². The Morgan fingerprint density at radius 2 is 1.87 bits per heavy atom. The minimum Gasteiger partial charge on any atom is -0.442 e. The first-order chi connectivity index (χ1) is 15.1. The molecule has 2 N–H and O–H groups in total. The van der Waals surface area contributed by atoms with Crippen molar-refractivity contribution in [1.29, 1.82) is 0 Å². The summed E-state index contributed by atoms with van der Waals surface area (Å²) in [6.07, 6.45) is 4.61. The number of anilines is 1. The van der Waals surface area contributed by atoms with Gasteiger partial charge < -0.3 is 15.2 Å². The fraction of sp³-hybridized carbons (Fsp3) is 0.364. The summed E-state index contributed by atoms with van der Waals surface area (Å²) in [6.45, 7) is 2.41. The first-order valence-corrected chi connectivity index (χ1v) is 10.4. The highest BCUT2D eigenvalue weighted by molar-refractivity contribution is 5.90. The van der Waals surface area contributed by atoms with Crippen molar-refractivity contribution in [1.82, 2.24) is 20.0 Å². The van der Waals surface area contributed by atoms with Gasteiger partial charge in [-0.1, -0.05) is 23.4 Å². The molecule has 3 fully saturated rings. The predicted molar refractivity (Wildman–Crippen MR) is 111 cm³/mol. The topological polar surface area (TPSA) is 108 Å². The van der Waals surface area contributed by atoms with E-state index in [0.717, 1.165) is 35.7 Å². The van der Waals surface area contributed by atoms with E-state index in [1.54, 1.807) is 22.0 Å². The highest BCUT2D eigenvalue weighted by atomic mass is 16.6. The van der Waals surface area contributed by atoms with E-state index in [9.17, 15) is 4.79 Å². The molecule has 4 atom stereocenters. The first kappa shape index (κ1) is 18.5. The van der Waals surface area contributed by atoms with Crippen LogP contribution in [0.3, 0.4) is 0 Å². The molecule has 2 aliphatic heterocycles. The number of carbonyl (C=O) groups excluding carboxylic acids is 1. The number of cyclic esters (lactones) is 1. The summed E-state index contributed by atoms with van der Waals surface area (Å²) in [5.74, 6) is 0.775. The third kappa shape index (κ3) is 3.00. The second-order valence-electron chi connectivity index (χ2n) is 8.40. The summed E-state index contributed by atoms with van der Waals surface area (Å²) in [5.41, 5.74) is 10.00. The molecule has 0 spiro atoms. The fourth-order valence-electron chi connectivity index (χ4n) is 4.79. The van der Waals surface area contributed by atoms with Crippen LogP contribution in [0.5, 0.6) is 0 Å². The molecule has 0 bridgehead atoms. The molecule has 1 amide bonds. The van der Waals surface area contributed by atoms with Gasteiger partial charge in [0.25, 0.3) is 0 Å². The second kappa shape index (κ2) is 6.86. The van der Waals surface area contributed by atoms with Crippen LogP contribution >= 0.6 is 0 Å². The van der Waals surface area contributed by atoms with Crippen molar-refractivity contribution in [2.45, 2.75) is 18.2 Å². The molecule has 9 nitrogen and oxygen atoms in total. The molecule has 3 aromatic rings. The van der Waals surface area contributed by atoms with Crippen molar-refractivity contribution < 1.29 is 14.3 Å². The summed E-state index contributed by atoms with van der Waals surface area (Å²) in [4.78, 5) is 18.6. The number of nitrogens with two attached hydrogens (primary N) is 1. The minimum atomic E-state index is -0.351. The first-order valence-electron chi connectivity index (χ1n) is 10.4. The Bertz CT molecular complexity index is 1090. The van der Waals surface area contributed by atoms with Gasteiger partial charge in [-0.25, -0.2) is 9.48 Å². The van der Waals surface area contributed by atoms with Crippen LogP contribution in [0.2, 0.25) is 0 Å². The molecule has 2 aromatic heterocycles. The zero-order valence-corrected chi connectivity index (χ0v) is 16.8. The van der Waals surface area contributed by atoms with E-state index in [-0.39, 0.29) is 17.7 Å². The van der Waals surface area contributed by atoms with Gasteiger partial charge in [0.15, 0.2) is 0 Å². The van der Waals surface area contributed by atoms with E-state index < -0.39 is 0 Å². The molecule has 1 aliphatic carbocycles. The van der Waals surface area contributed by atoms with Crippen molar-refractivity contribution in [3.63, 3.8) is 0 Å². The molecule has 6 rings (SSSR count). The van der Waals surface area contributed by atoms with Gasteiger partial charge in [-0.05, 0) is 23.8 Å². The van der Waals surface area contributed by atoms with Crippen LogP contribution in [0, 0.1) is 11.8 Å². The monoisotopic (exact) mass is 418 g/mol. The lowest BCUT2D eigenvalue weighted by Crippen LogP contribution is -2.29. The maximum atomic E-state index is 12.3. The van der Waals surface area contributed by atoms with E-state index in [2.05, 4.69) is 21.4 Å². The molecule has 31 heavy (non-hydrogen) atoms. The Kier molecular flexibility index (Phi) is 4.09. The van der Waals surface area contributed by atoms with Crippen LogP contribution < -0.4 is 10.6 Å². The number of ether oxygens (including phenoxy) is 2. The SMILES string of the molecule is NC1(c2ccc(-c3ccc(N4C[C@H](Cn5ccnn5)OC4=O)cc3)cn2)[C@@H]2COC[C@@H]21. The maximum Gasteiger partial charge on any atom is 0.414 e. The van der Waals surface area contributed by atoms with Crippen molar-refractivity contribution in [2.75, 3.05) is 24.7 Å². The molecule has 9 heteroatoms. The summed E-state index contributed by atoms with van der Waals surface area (Å²) >= 11 is 0. The zero-order chi connectivity index (χ0) is 21.0. The van der Waals surface area contributed by atoms with Crippen molar-refractivity contribution in [3.8, 4) is 11.1 Å². The number of benzene rings is 1. The lowest BCUT2D eigenvalue weighted by molar-refractivity contribution is 0.129. The van der Waals surface area contributed by atoms with Crippen LogP contribution in [0.1, 0.15) is 5.69 Å². The van der Waals surface area contributed by atoms with Crippen LogP contribution in [0.4, 0.5) is 10.5 Å². The van der Waals surface area contributed by atoms with Crippen molar-refractivity contribution in [3.05, 3.63) is 60.7 Å². The Labute approximate surface area is 178 Å². The number of pyridine rings is 1. The van der Waals surface area contributed by atoms with Gasteiger partial charge >= 0.3 is 6.09 Å². The Balaban J connectivity index is 1.15. The molecular weight excluding hydrogens is 396 g/mol. The van der Waals surface area contributed by atoms with Crippen LogP contribution in [-0.2, 0) is 21.6 Å². The molecule has 2 saturated heterocycles. The smallest absolute Gasteiger partial charge is 0.414 e. The van der Waals surface area contributed by atoms with E-state index in [4.69, 9.17) is 15.2 Å². The third-order valence-electron chi connectivity index (χ3n) is 6.65. The minimum absolute atomic E-state index is 0.262. The lowest BCUT2D eigenvalue weighted by Gasteiger charge is -2.16. The van der Waals surface area contributed by atoms with Crippen LogP contribution in [0.15, 0.2) is 55.0 Å². The highest BCUT2D eigenvalue weighted by Crippen LogP contribution is 2.58. The van der Waals surface area contributed by atoms with Gasteiger partial charge in [0, 0.05) is 35.5 Å². The summed E-state index contributed by atoms with van der Waals surface area (Å²) < 4.78 is 12.6. The Hall–Kier alpha value is -3.30. The molecule has 1 unspecified atom stereocenters. The van der Waals surface area contributed by atoms with Gasteiger partial charge in [-0.15, -0.1) is 5.10 Å². The number of amides is 1. The summed E-state index contributed by atoms with van der Waals surface area (Å²) in [5, 5.41) is 7.70. The van der Waals surface area contributed by atoms with Gasteiger partial charge in [0.05, 0.1) is 43.7 Å². The predicted octanol–water partition coefficient (Wildman–Crippen LogP) is 1.80. The van der Waals surface area contributed by atoms with E-state index in [1.807, 2.05) is 36.5 Å². The molecule has 1 saturated carbocycles. The van der Waals surface area contributed by atoms with Crippen LogP contribution in [-0.4, -0.2) is 51.9 Å². The van der Waals surface area contributed by atoms with Gasteiger partial charge in [-0.3, -0.25) is 9.88 Å². The number of aromatic nitrogens is 4. The molecule has 158 valence electrons. The highest BCUT2D eigenvalue weighted by Gasteiger charge is 2.66. The molecule has 1 aromatic carbocycles. The van der Waals surface area contributed by atoms with Crippen molar-refractivity contribution >= 4 is 11.8 Å². The lowest BCUT2D eigenvalue weighted by atomic mass is 10.0.